The molecule has 0 aliphatic rings. The van der Waals surface area contributed by atoms with Crippen LogP contribution in [0, 0.1) is 0 Å². The van der Waals surface area contributed by atoms with E-state index in [1.165, 1.54) is 45.6 Å². The molecular weight excluding hydrogens is 252 g/mol. The first-order valence-electron chi connectivity index (χ1n) is 7.70. The molecule has 19 heavy (non-hydrogen) atoms. The summed E-state index contributed by atoms with van der Waals surface area (Å²) >= 11 is 0. The van der Waals surface area contributed by atoms with Gasteiger partial charge in [0.25, 0.3) is 0 Å². The lowest BCUT2D eigenvalue weighted by Gasteiger charge is -2.13. The molecule has 0 saturated heterocycles. The minimum absolute atomic E-state index is 0.0675. The molecular formula is C16H33O2Si. The van der Waals surface area contributed by atoms with Gasteiger partial charge in [-0.25, -0.2) is 4.79 Å². The van der Waals surface area contributed by atoms with E-state index in [2.05, 4.69) is 32.1 Å². The molecule has 0 rings (SSSR count). The maximum Gasteiger partial charge on any atom is 0.329 e. The Hall–Kier alpha value is -0.573. The van der Waals surface area contributed by atoms with E-state index in [1.54, 1.807) is 18.1 Å². The summed E-state index contributed by atoms with van der Waals surface area (Å²) in [5.74, 6) is -0.394. The van der Waals surface area contributed by atoms with Gasteiger partial charge in [0.2, 0.25) is 0 Å². The van der Waals surface area contributed by atoms with E-state index in [9.17, 15) is 4.79 Å². The normalized spacial score (nSPS) is 9.74. The first-order chi connectivity index (χ1) is 9.15. The highest BCUT2D eigenvalue weighted by atomic mass is 28.3. The van der Waals surface area contributed by atoms with E-state index >= 15 is 0 Å². The van der Waals surface area contributed by atoms with Crippen LogP contribution in [0.1, 0.15) is 59.3 Å². The zero-order valence-corrected chi connectivity index (χ0v) is 14.5. The molecule has 113 valence electrons. The highest BCUT2D eigenvalue weighted by molar-refractivity contribution is 6.58. The van der Waals surface area contributed by atoms with Gasteiger partial charge in [0.1, 0.15) is 0 Å². The summed E-state index contributed by atoms with van der Waals surface area (Å²) in [6.45, 7) is 10.1. The highest BCUT2D eigenvalue weighted by Crippen LogP contribution is 2.16. The number of rotatable bonds is 10. The van der Waals surface area contributed by atoms with E-state index < -0.39 is 5.97 Å². The van der Waals surface area contributed by atoms with Crippen molar-refractivity contribution in [1.29, 1.82) is 0 Å². The zero-order chi connectivity index (χ0) is 14.9. The number of hydrogen-bond donors (Lipinski definition) is 0. The SMILES string of the molecule is C=CC(=O)OC.CCCC[Si](CCCC)CCCC. The van der Waals surface area contributed by atoms with Crippen LogP contribution in [0.2, 0.25) is 18.1 Å². The number of esters is 1. The molecule has 0 N–H and O–H groups in total. The fourth-order valence-electron chi connectivity index (χ4n) is 1.74. The molecule has 0 aromatic rings. The Morgan fingerprint density at radius 3 is 1.53 bits per heavy atom. The minimum Gasteiger partial charge on any atom is -0.466 e. The molecule has 0 unspecified atom stereocenters. The number of methoxy groups -OCH3 is 1. The Labute approximate surface area is 122 Å². The third kappa shape index (κ3) is 17.4. The highest BCUT2D eigenvalue weighted by Gasteiger charge is 2.08. The predicted octanol–water partition coefficient (Wildman–Crippen LogP) is 5.23. The lowest BCUT2D eigenvalue weighted by molar-refractivity contribution is -0.134. The number of carbonyl (C=O) groups excluding carboxylic acids is 1. The van der Waals surface area contributed by atoms with Crippen molar-refractivity contribution in [3.8, 4) is 0 Å². The quantitative estimate of drug-likeness (QED) is 0.312. The molecule has 0 atom stereocenters. The van der Waals surface area contributed by atoms with Gasteiger partial charge in [-0.2, -0.15) is 0 Å². The van der Waals surface area contributed by atoms with Gasteiger partial charge in [-0.1, -0.05) is 84.0 Å². The van der Waals surface area contributed by atoms with Crippen LogP contribution in [0.25, 0.3) is 0 Å². The molecule has 0 saturated carbocycles. The van der Waals surface area contributed by atoms with Gasteiger partial charge < -0.3 is 4.74 Å². The second-order valence-electron chi connectivity index (χ2n) is 4.79. The van der Waals surface area contributed by atoms with E-state index in [0.717, 1.165) is 6.08 Å². The first-order valence-corrected chi connectivity index (χ1v) is 9.82. The van der Waals surface area contributed by atoms with Crippen LogP contribution < -0.4 is 0 Å². The molecule has 0 aromatic heterocycles. The van der Waals surface area contributed by atoms with Crippen LogP contribution in [0.4, 0.5) is 0 Å². The lowest BCUT2D eigenvalue weighted by Crippen LogP contribution is -2.11. The molecule has 0 bridgehead atoms. The summed E-state index contributed by atoms with van der Waals surface area (Å²) in [7, 11) is 1.38. The van der Waals surface area contributed by atoms with Crippen molar-refractivity contribution in [2.75, 3.05) is 7.11 Å². The number of hydrogen-bond acceptors (Lipinski definition) is 2. The van der Waals surface area contributed by atoms with Crippen LogP contribution >= 0.6 is 0 Å². The molecule has 0 aromatic carbocycles. The monoisotopic (exact) mass is 285 g/mol. The fourth-order valence-corrected chi connectivity index (χ4v) is 5.05. The van der Waals surface area contributed by atoms with Crippen LogP contribution in [-0.4, -0.2) is 21.9 Å². The van der Waals surface area contributed by atoms with Crippen LogP contribution in [0.5, 0.6) is 0 Å². The standard InChI is InChI=1S/C12H27Si.C4H6O2/c1-4-7-10-13(11-8-5-2)12-9-6-3;1-3-4(5)6-2/h4-12H2,1-3H3;3H,1H2,2H3. The van der Waals surface area contributed by atoms with Crippen molar-refractivity contribution in [2.24, 2.45) is 0 Å². The van der Waals surface area contributed by atoms with E-state index in [1.807, 2.05) is 0 Å². The molecule has 0 amide bonds. The Morgan fingerprint density at radius 1 is 1.00 bits per heavy atom. The molecule has 0 fully saturated rings. The Balaban J connectivity index is 0. The van der Waals surface area contributed by atoms with Gasteiger partial charge in [-0.3, -0.25) is 0 Å². The summed E-state index contributed by atoms with van der Waals surface area (Å²) in [4.78, 5) is 9.84. The van der Waals surface area contributed by atoms with E-state index in [4.69, 9.17) is 0 Å². The van der Waals surface area contributed by atoms with Gasteiger partial charge >= 0.3 is 5.97 Å². The third-order valence-corrected chi connectivity index (χ3v) is 6.20. The van der Waals surface area contributed by atoms with Crippen molar-refractivity contribution in [3.05, 3.63) is 12.7 Å². The van der Waals surface area contributed by atoms with Crippen LogP contribution in [0.15, 0.2) is 12.7 Å². The minimum atomic E-state index is -0.394. The van der Waals surface area contributed by atoms with Crippen molar-refractivity contribution in [1.82, 2.24) is 0 Å². The van der Waals surface area contributed by atoms with Crippen LogP contribution in [-0.2, 0) is 9.53 Å². The first kappa shape index (κ1) is 20.7. The third-order valence-electron chi connectivity index (χ3n) is 3.02. The maximum absolute atomic E-state index is 9.84. The zero-order valence-electron chi connectivity index (χ0n) is 13.5. The lowest BCUT2D eigenvalue weighted by atomic mass is 10.4. The largest absolute Gasteiger partial charge is 0.466 e. The molecule has 0 heterocycles. The summed E-state index contributed by atoms with van der Waals surface area (Å²) in [6.07, 6.45) is 9.76. The average molecular weight is 286 g/mol. The van der Waals surface area contributed by atoms with Crippen molar-refractivity contribution in [3.63, 3.8) is 0 Å². The summed E-state index contributed by atoms with van der Waals surface area (Å²) < 4.78 is 4.14. The van der Waals surface area contributed by atoms with Crippen molar-refractivity contribution in [2.45, 2.75) is 77.4 Å². The molecule has 0 aliphatic heterocycles. The second kappa shape index (κ2) is 17.4. The summed E-state index contributed by atoms with van der Waals surface area (Å²) in [5.41, 5.74) is 0. The van der Waals surface area contributed by atoms with Gasteiger partial charge in [-0.15, -0.1) is 0 Å². The molecule has 0 aliphatic carbocycles. The number of carbonyl (C=O) groups is 1. The maximum atomic E-state index is 9.84. The van der Waals surface area contributed by atoms with Gasteiger partial charge in [0, 0.05) is 14.9 Å². The predicted molar refractivity (Wildman–Crippen MR) is 87.1 cm³/mol. The molecule has 3 heteroatoms. The Morgan fingerprint density at radius 2 is 1.37 bits per heavy atom. The van der Waals surface area contributed by atoms with Gasteiger partial charge in [-0.05, 0) is 0 Å². The van der Waals surface area contributed by atoms with Crippen molar-refractivity contribution < 1.29 is 9.53 Å². The van der Waals surface area contributed by atoms with E-state index in [0.29, 0.717) is 0 Å². The van der Waals surface area contributed by atoms with Crippen molar-refractivity contribution >= 4 is 14.8 Å². The summed E-state index contributed by atoms with van der Waals surface area (Å²) in [6, 6.07) is 4.75. The fraction of sp³-hybridized carbons (Fsp3) is 0.812. The second-order valence-corrected chi connectivity index (χ2v) is 7.79. The summed E-state index contributed by atoms with van der Waals surface area (Å²) in [5, 5.41) is 0. The average Bonchev–Trinajstić information content (AvgIpc) is 2.46. The Bertz CT molecular complexity index is 186. The van der Waals surface area contributed by atoms with Crippen LogP contribution in [0.3, 0.4) is 0 Å². The molecule has 0 spiro atoms. The van der Waals surface area contributed by atoms with Gasteiger partial charge in [0.15, 0.2) is 0 Å². The topological polar surface area (TPSA) is 26.3 Å². The molecule has 2 nitrogen and oxygen atoms in total. The number of unbranched alkanes of at least 4 members (excludes halogenated alkanes) is 3. The van der Waals surface area contributed by atoms with Gasteiger partial charge in [0.05, 0.1) is 7.11 Å². The smallest absolute Gasteiger partial charge is 0.329 e. The Kier molecular flexibility index (Phi) is 19.0. The number of ether oxygens (including phenoxy) is 1. The molecule has 1 radical (unpaired) electrons. The van der Waals surface area contributed by atoms with E-state index in [-0.39, 0.29) is 8.80 Å².